The second-order valence-electron chi connectivity index (χ2n) is 8.57. The Balaban J connectivity index is 1.35. The van der Waals surface area contributed by atoms with Crippen LogP contribution in [0.3, 0.4) is 0 Å². The molecule has 3 heterocycles. The van der Waals surface area contributed by atoms with Gasteiger partial charge in [-0.3, -0.25) is 9.59 Å². The van der Waals surface area contributed by atoms with Crippen LogP contribution in [0.1, 0.15) is 36.8 Å². The molecule has 4 atom stereocenters. The molecule has 2 saturated heterocycles. The first-order chi connectivity index (χ1) is 13.1. The number of hydrogen-bond acceptors (Lipinski definition) is 3. The number of likely N-dealkylation sites (tertiary alicyclic amines) is 1. The molecule has 3 fully saturated rings. The lowest BCUT2D eigenvalue weighted by Gasteiger charge is -2.25. The predicted molar refractivity (Wildman–Crippen MR) is 101 cm³/mol. The highest BCUT2D eigenvalue weighted by Gasteiger charge is 2.66. The Bertz CT molecular complexity index is 796. The number of ether oxygens (including phenoxy) is 1. The molecule has 142 valence electrons. The highest BCUT2D eigenvalue weighted by molar-refractivity contribution is 5.93. The van der Waals surface area contributed by atoms with Crippen molar-refractivity contribution in [3.05, 3.63) is 47.5 Å². The van der Waals surface area contributed by atoms with Crippen LogP contribution in [0.15, 0.2) is 36.4 Å². The number of nitrogens with one attached hydrogen (secondary N) is 1. The van der Waals surface area contributed by atoms with Crippen LogP contribution in [0.5, 0.6) is 0 Å². The summed E-state index contributed by atoms with van der Waals surface area (Å²) in [5.41, 5.74) is 1.69. The Morgan fingerprint density at radius 2 is 2.00 bits per heavy atom. The number of carbonyl (C=O) groups excluding carboxylic acids is 2. The van der Waals surface area contributed by atoms with E-state index in [0.29, 0.717) is 13.1 Å². The van der Waals surface area contributed by atoms with Gasteiger partial charge in [-0.1, -0.05) is 54.8 Å². The van der Waals surface area contributed by atoms with E-state index in [1.807, 2.05) is 17.1 Å². The summed E-state index contributed by atoms with van der Waals surface area (Å²) in [6, 6.07) is 8.51. The molecule has 1 N–H and O–H groups in total. The van der Waals surface area contributed by atoms with Crippen molar-refractivity contribution in [3.63, 3.8) is 0 Å². The predicted octanol–water partition coefficient (Wildman–Crippen LogP) is 2.34. The average molecular weight is 366 g/mol. The van der Waals surface area contributed by atoms with Gasteiger partial charge in [0.25, 0.3) is 0 Å². The van der Waals surface area contributed by atoms with Crippen molar-refractivity contribution in [3.8, 4) is 0 Å². The zero-order valence-electron chi connectivity index (χ0n) is 15.7. The number of rotatable bonds is 4. The molecule has 27 heavy (non-hydrogen) atoms. The Morgan fingerprint density at radius 3 is 2.74 bits per heavy atom. The summed E-state index contributed by atoms with van der Waals surface area (Å²) in [5.74, 6) is -0.742. The van der Waals surface area contributed by atoms with Gasteiger partial charge in [0.2, 0.25) is 11.8 Å². The Labute approximate surface area is 159 Å². The summed E-state index contributed by atoms with van der Waals surface area (Å²) in [4.78, 5) is 28.1. The van der Waals surface area contributed by atoms with Crippen molar-refractivity contribution in [1.29, 1.82) is 0 Å². The number of aryl methyl sites for hydroxylation is 1. The molecule has 4 unspecified atom stereocenters. The highest BCUT2D eigenvalue weighted by atomic mass is 16.5. The van der Waals surface area contributed by atoms with Crippen molar-refractivity contribution < 1.29 is 14.3 Å². The lowest BCUT2D eigenvalue weighted by Crippen LogP contribution is -2.46. The highest BCUT2D eigenvalue weighted by Crippen LogP contribution is 2.52. The normalized spacial score (nSPS) is 34.5. The van der Waals surface area contributed by atoms with E-state index in [-0.39, 0.29) is 29.9 Å². The molecular weight excluding hydrogens is 340 g/mol. The number of nitrogens with zero attached hydrogens (tertiary/aromatic N) is 1. The molecule has 5 heteroatoms. The Kier molecular flexibility index (Phi) is 3.90. The van der Waals surface area contributed by atoms with Gasteiger partial charge in [0, 0.05) is 12.6 Å². The van der Waals surface area contributed by atoms with Gasteiger partial charge < -0.3 is 15.0 Å². The number of benzene rings is 1. The van der Waals surface area contributed by atoms with Gasteiger partial charge in [0.15, 0.2) is 0 Å². The van der Waals surface area contributed by atoms with Crippen molar-refractivity contribution in [2.75, 3.05) is 6.54 Å². The third-order valence-corrected chi connectivity index (χ3v) is 6.68. The average Bonchev–Trinajstić information content (AvgIpc) is 3.40. The summed E-state index contributed by atoms with van der Waals surface area (Å²) in [5, 5.41) is 3.18. The fourth-order valence-electron chi connectivity index (χ4n) is 5.29. The Morgan fingerprint density at radius 1 is 1.26 bits per heavy atom. The molecular formula is C22H26N2O3. The summed E-state index contributed by atoms with van der Waals surface area (Å²) in [7, 11) is 0. The maximum Gasteiger partial charge on any atom is 0.230 e. The van der Waals surface area contributed by atoms with Gasteiger partial charge in [-0.25, -0.2) is 0 Å². The van der Waals surface area contributed by atoms with Crippen LogP contribution >= 0.6 is 0 Å². The first kappa shape index (κ1) is 17.0. The molecule has 1 aliphatic carbocycles. The molecule has 4 aliphatic rings. The lowest BCUT2D eigenvalue weighted by molar-refractivity contribution is -0.138. The molecule has 2 amide bonds. The van der Waals surface area contributed by atoms with E-state index < -0.39 is 11.5 Å². The van der Waals surface area contributed by atoms with Crippen molar-refractivity contribution in [1.82, 2.24) is 10.2 Å². The van der Waals surface area contributed by atoms with E-state index in [4.69, 9.17) is 4.74 Å². The Hall–Kier alpha value is -2.14. The van der Waals surface area contributed by atoms with Crippen molar-refractivity contribution in [2.24, 2.45) is 11.8 Å². The van der Waals surface area contributed by atoms with Crippen molar-refractivity contribution >= 4 is 11.8 Å². The zero-order chi connectivity index (χ0) is 18.6. The minimum absolute atomic E-state index is 0.00587. The van der Waals surface area contributed by atoms with E-state index in [1.165, 1.54) is 18.4 Å². The molecule has 2 bridgehead atoms. The number of carbonyl (C=O) groups is 2. The molecule has 1 aromatic rings. The second kappa shape index (κ2) is 6.20. The molecule has 5 rings (SSSR count). The minimum Gasteiger partial charge on any atom is -0.360 e. The van der Waals surface area contributed by atoms with Gasteiger partial charge in [0.1, 0.15) is 5.60 Å². The smallest absolute Gasteiger partial charge is 0.230 e. The number of amides is 2. The van der Waals surface area contributed by atoms with Crippen LogP contribution in [0.2, 0.25) is 0 Å². The largest absolute Gasteiger partial charge is 0.360 e. The summed E-state index contributed by atoms with van der Waals surface area (Å²) >= 11 is 0. The summed E-state index contributed by atoms with van der Waals surface area (Å²) in [6.45, 7) is 3.15. The summed E-state index contributed by atoms with van der Waals surface area (Å²) in [6.07, 6.45) is 8.18. The number of hydrogen-bond donors (Lipinski definition) is 1. The fourth-order valence-corrected chi connectivity index (χ4v) is 5.29. The third-order valence-electron chi connectivity index (χ3n) is 6.68. The molecule has 5 nitrogen and oxygen atoms in total. The van der Waals surface area contributed by atoms with Gasteiger partial charge >= 0.3 is 0 Å². The van der Waals surface area contributed by atoms with Crippen LogP contribution in [0.25, 0.3) is 0 Å². The third kappa shape index (κ3) is 2.71. The fraction of sp³-hybridized carbons (Fsp3) is 0.545. The van der Waals surface area contributed by atoms with Gasteiger partial charge in [-0.15, -0.1) is 0 Å². The topological polar surface area (TPSA) is 58.6 Å². The maximum atomic E-state index is 13.2. The quantitative estimate of drug-likeness (QED) is 0.832. The molecule has 3 aliphatic heterocycles. The number of fused-ring (bicyclic) bond motifs is 1. The first-order valence-corrected chi connectivity index (χ1v) is 10.1. The van der Waals surface area contributed by atoms with Crippen LogP contribution in [0, 0.1) is 18.8 Å². The molecule has 1 saturated carbocycles. The van der Waals surface area contributed by atoms with E-state index in [2.05, 4.69) is 36.5 Å². The maximum absolute atomic E-state index is 13.2. The van der Waals surface area contributed by atoms with E-state index in [0.717, 1.165) is 18.4 Å². The molecule has 1 aromatic carbocycles. The molecule has 0 aromatic heterocycles. The first-order valence-electron chi connectivity index (χ1n) is 10.1. The second-order valence-corrected chi connectivity index (χ2v) is 8.57. The van der Waals surface area contributed by atoms with Crippen molar-refractivity contribution in [2.45, 2.75) is 56.9 Å². The SMILES string of the molecule is Cc1ccc(CN2CC34C=CC(O3)C(C(=O)NC3CCCC3)C4C2=O)cc1. The van der Waals surface area contributed by atoms with E-state index in [9.17, 15) is 9.59 Å². The summed E-state index contributed by atoms with van der Waals surface area (Å²) < 4.78 is 6.21. The standard InChI is InChI=1S/C22H26N2O3/c1-14-6-8-15(9-7-14)12-24-13-22-11-10-17(27-22)18(19(22)21(24)26)20(25)23-16-4-2-3-5-16/h6-11,16-19H,2-5,12-13H2,1H3,(H,23,25). The lowest BCUT2D eigenvalue weighted by atomic mass is 9.76. The molecule has 1 spiro atoms. The van der Waals surface area contributed by atoms with Gasteiger partial charge in [0.05, 0.1) is 24.5 Å². The van der Waals surface area contributed by atoms with Crippen LogP contribution in [-0.4, -0.2) is 41.0 Å². The minimum atomic E-state index is -0.621. The van der Waals surface area contributed by atoms with Crippen LogP contribution in [0.4, 0.5) is 0 Å². The zero-order valence-corrected chi connectivity index (χ0v) is 15.7. The van der Waals surface area contributed by atoms with Gasteiger partial charge in [-0.2, -0.15) is 0 Å². The van der Waals surface area contributed by atoms with Crippen LogP contribution < -0.4 is 5.32 Å². The molecule has 0 radical (unpaired) electrons. The van der Waals surface area contributed by atoms with Crippen LogP contribution in [-0.2, 0) is 20.9 Å². The van der Waals surface area contributed by atoms with Gasteiger partial charge in [-0.05, 0) is 25.3 Å². The monoisotopic (exact) mass is 366 g/mol. The van der Waals surface area contributed by atoms with E-state index in [1.54, 1.807) is 0 Å². The van der Waals surface area contributed by atoms with E-state index >= 15 is 0 Å².